The number of rotatable bonds is 0. The van der Waals surface area contributed by atoms with Crippen LogP contribution in [0.1, 0.15) is 18.1 Å². The fraction of sp³-hybridized carbons (Fsp3) is 0.167. The summed E-state index contributed by atoms with van der Waals surface area (Å²) in [6, 6.07) is 8.08. The van der Waals surface area contributed by atoms with E-state index in [1.54, 1.807) is 6.92 Å². The Kier molecular flexibility index (Phi) is 3.00. The summed E-state index contributed by atoms with van der Waals surface area (Å²) in [5.41, 5.74) is 2.25. The zero-order chi connectivity index (χ0) is 8.81. The molecule has 1 rings (SSSR count). The van der Waals surface area contributed by atoms with Crippen molar-refractivity contribution in [2.45, 2.75) is 13.8 Å². The molecule has 0 aliphatic rings. The van der Waals surface area contributed by atoms with Crippen molar-refractivity contribution in [3.8, 4) is 23.7 Å². The topological polar surface area (TPSA) is 0 Å². The third-order valence-corrected chi connectivity index (χ3v) is 1.41. The first-order valence-corrected chi connectivity index (χ1v) is 3.82. The van der Waals surface area contributed by atoms with E-state index < -0.39 is 0 Å². The van der Waals surface area contributed by atoms with Crippen LogP contribution in [0.5, 0.6) is 0 Å². The Labute approximate surface area is 73.6 Å². The summed E-state index contributed by atoms with van der Waals surface area (Å²) in [7, 11) is 0. The lowest BCUT2D eigenvalue weighted by molar-refractivity contribution is 1.46. The average molecular weight is 154 g/mol. The SMILES string of the molecule is CC#CC#Cc1cccc(C)c1. The molecule has 1 aromatic rings. The maximum Gasteiger partial charge on any atom is 0.0258 e. The lowest BCUT2D eigenvalue weighted by Crippen LogP contribution is -1.74. The highest BCUT2D eigenvalue weighted by Gasteiger charge is 1.84. The Bertz CT molecular complexity index is 378. The minimum Gasteiger partial charge on any atom is -0.0925 e. The Morgan fingerprint density at radius 2 is 2.00 bits per heavy atom. The van der Waals surface area contributed by atoms with Crippen LogP contribution in [0.2, 0.25) is 0 Å². The molecular weight excluding hydrogens is 144 g/mol. The first-order valence-electron chi connectivity index (χ1n) is 3.82. The Balaban J connectivity index is 2.90. The first-order chi connectivity index (χ1) is 5.83. The number of hydrogen-bond donors (Lipinski definition) is 0. The number of hydrogen-bond acceptors (Lipinski definition) is 0. The van der Waals surface area contributed by atoms with Gasteiger partial charge in [0.25, 0.3) is 0 Å². The largest absolute Gasteiger partial charge is 0.0925 e. The average Bonchev–Trinajstić information content (AvgIpc) is 2.05. The van der Waals surface area contributed by atoms with Gasteiger partial charge in [0.2, 0.25) is 0 Å². The van der Waals surface area contributed by atoms with E-state index in [4.69, 9.17) is 0 Å². The third kappa shape index (κ3) is 2.52. The third-order valence-electron chi connectivity index (χ3n) is 1.41. The molecule has 1 aromatic carbocycles. The maximum absolute atomic E-state index is 2.96. The normalized spacial score (nSPS) is 7.50. The second-order valence-corrected chi connectivity index (χ2v) is 2.49. The van der Waals surface area contributed by atoms with Gasteiger partial charge in [0.05, 0.1) is 0 Å². The molecule has 0 heterocycles. The van der Waals surface area contributed by atoms with Crippen LogP contribution >= 0.6 is 0 Å². The van der Waals surface area contributed by atoms with Gasteiger partial charge in [-0.1, -0.05) is 24.0 Å². The molecule has 0 aliphatic carbocycles. The van der Waals surface area contributed by atoms with Gasteiger partial charge in [0.1, 0.15) is 0 Å². The molecule has 0 nitrogen and oxygen atoms in total. The van der Waals surface area contributed by atoms with E-state index in [0.29, 0.717) is 0 Å². The van der Waals surface area contributed by atoms with Crippen molar-refractivity contribution in [3.63, 3.8) is 0 Å². The molecule has 0 radical (unpaired) electrons. The molecule has 0 unspecified atom stereocenters. The van der Waals surface area contributed by atoms with Gasteiger partial charge in [0, 0.05) is 5.56 Å². The predicted molar refractivity (Wildman–Crippen MR) is 51.5 cm³/mol. The van der Waals surface area contributed by atoms with E-state index in [0.717, 1.165) is 5.56 Å². The van der Waals surface area contributed by atoms with Gasteiger partial charge in [0.15, 0.2) is 0 Å². The highest BCUT2D eigenvalue weighted by atomic mass is 13.9. The van der Waals surface area contributed by atoms with Gasteiger partial charge in [-0.2, -0.15) is 0 Å². The van der Waals surface area contributed by atoms with Gasteiger partial charge in [-0.15, -0.1) is 0 Å². The Hall–Kier alpha value is -1.66. The lowest BCUT2D eigenvalue weighted by atomic mass is 10.1. The summed E-state index contributed by atoms with van der Waals surface area (Å²) < 4.78 is 0. The highest BCUT2D eigenvalue weighted by Crippen LogP contribution is 2.01. The second kappa shape index (κ2) is 4.27. The van der Waals surface area contributed by atoms with Crippen LogP contribution in [0.15, 0.2) is 24.3 Å². The monoisotopic (exact) mass is 154 g/mol. The predicted octanol–water partition coefficient (Wildman–Crippen LogP) is 2.37. The quantitative estimate of drug-likeness (QED) is 0.503. The van der Waals surface area contributed by atoms with E-state index in [2.05, 4.69) is 36.7 Å². The molecule has 58 valence electrons. The molecule has 12 heavy (non-hydrogen) atoms. The molecule has 0 aromatic heterocycles. The van der Waals surface area contributed by atoms with Crippen LogP contribution in [0, 0.1) is 30.6 Å². The molecule has 0 heteroatoms. The lowest BCUT2D eigenvalue weighted by Gasteiger charge is -1.90. The smallest absolute Gasteiger partial charge is 0.0258 e. The van der Waals surface area contributed by atoms with Crippen LogP contribution in [0.3, 0.4) is 0 Å². The zero-order valence-electron chi connectivity index (χ0n) is 7.31. The summed E-state index contributed by atoms with van der Waals surface area (Å²) in [4.78, 5) is 0. The first kappa shape index (κ1) is 8.44. The molecular formula is C12H10. The highest BCUT2D eigenvalue weighted by molar-refractivity contribution is 5.41. The zero-order valence-corrected chi connectivity index (χ0v) is 7.31. The molecule has 0 fully saturated rings. The summed E-state index contributed by atoms with van der Waals surface area (Å²) in [6.07, 6.45) is 0. The van der Waals surface area contributed by atoms with Crippen molar-refractivity contribution in [1.29, 1.82) is 0 Å². The standard InChI is InChI=1S/C12H10/c1-3-4-5-8-12-9-6-7-11(2)10-12/h6-7,9-10H,1-2H3. The number of aryl methyl sites for hydroxylation is 1. The fourth-order valence-electron chi connectivity index (χ4n) is 0.889. The Morgan fingerprint density at radius 3 is 2.67 bits per heavy atom. The van der Waals surface area contributed by atoms with Gasteiger partial charge in [-0.3, -0.25) is 0 Å². The molecule has 0 aliphatic heterocycles. The van der Waals surface area contributed by atoms with Crippen LogP contribution in [-0.4, -0.2) is 0 Å². The molecule has 0 saturated carbocycles. The molecule has 0 N–H and O–H groups in total. The van der Waals surface area contributed by atoms with Crippen molar-refractivity contribution in [1.82, 2.24) is 0 Å². The van der Waals surface area contributed by atoms with E-state index in [9.17, 15) is 0 Å². The van der Waals surface area contributed by atoms with E-state index in [1.165, 1.54) is 5.56 Å². The van der Waals surface area contributed by atoms with Crippen molar-refractivity contribution < 1.29 is 0 Å². The van der Waals surface area contributed by atoms with Gasteiger partial charge >= 0.3 is 0 Å². The van der Waals surface area contributed by atoms with E-state index in [-0.39, 0.29) is 0 Å². The molecule has 0 bridgehead atoms. The van der Waals surface area contributed by atoms with Crippen molar-refractivity contribution >= 4 is 0 Å². The summed E-state index contributed by atoms with van der Waals surface area (Å²) in [6.45, 7) is 3.83. The fourth-order valence-corrected chi connectivity index (χ4v) is 0.889. The molecule has 0 spiro atoms. The van der Waals surface area contributed by atoms with E-state index in [1.807, 2.05) is 18.2 Å². The van der Waals surface area contributed by atoms with Crippen LogP contribution < -0.4 is 0 Å². The van der Waals surface area contributed by atoms with Gasteiger partial charge < -0.3 is 0 Å². The summed E-state index contributed by atoms with van der Waals surface area (Å²) >= 11 is 0. The molecule has 0 saturated heterocycles. The van der Waals surface area contributed by atoms with Crippen LogP contribution in [-0.2, 0) is 0 Å². The number of benzene rings is 1. The van der Waals surface area contributed by atoms with Crippen LogP contribution in [0.25, 0.3) is 0 Å². The van der Waals surface area contributed by atoms with Crippen molar-refractivity contribution in [3.05, 3.63) is 35.4 Å². The van der Waals surface area contributed by atoms with Crippen LogP contribution in [0.4, 0.5) is 0 Å². The summed E-state index contributed by atoms with van der Waals surface area (Å²) in [5.74, 6) is 11.2. The Morgan fingerprint density at radius 1 is 1.17 bits per heavy atom. The van der Waals surface area contributed by atoms with Gasteiger partial charge in [-0.25, -0.2) is 0 Å². The summed E-state index contributed by atoms with van der Waals surface area (Å²) in [5, 5.41) is 0. The maximum atomic E-state index is 2.96. The van der Waals surface area contributed by atoms with Crippen molar-refractivity contribution in [2.24, 2.45) is 0 Å². The van der Waals surface area contributed by atoms with Gasteiger partial charge in [-0.05, 0) is 43.4 Å². The molecule has 0 amide bonds. The molecule has 0 atom stereocenters. The minimum absolute atomic E-state index is 1.03. The van der Waals surface area contributed by atoms with Crippen molar-refractivity contribution in [2.75, 3.05) is 0 Å². The second-order valence-electron chi connectivity index (χ2n) is 2.49. The van der Waals surface area contributed by atoms with E-state index >= 15 is 0 Å². The minimum atomic E-state index is 1.03.